The molecular formula is C24H19FN2O2. The molecule has 1 aromatic heterocycles. The fourth-order valence-corrected chi connectivity index (χ4v) is 2.99. The smallest absolute Gasteiger partial charge is 0.254 e. The van der Waals surface area contributed by atoms with Gasteiger partial charge in [0.05, 0.1) is 11.1 Å². The van der Waals surface area contributed by atoms with Gasteiger partial charge in [0, 0.05) is 24.2 Å². The Morgan fingerprint density at radius 3 is 2.52 bits per heavy atom. The molecule has 4 nitrogen and oxygen atoms in total. The van der Waals surface area contributed by atoms with Gasteiger partial charge in [-0.1, -0.05) is 48.5 Å². The predicted octanol–water partition coefficient (Wildman–Crippen LogP) is 4.88. The summed E-state index contributed by atoms with van der Waals surface area (Å²) in [7, 11) is 0. The normalized spacial score (nSPS) is 10.7. The van der Waals surface area contributed by atoms with E-state index in [0.29, 0.717) is 18.7 Å². The van der Waals surface area contributed by atoms with Crippen LogP contribution in [0.2, 0.25) is 0 Å². The van der Waals surface area contributed by atoms with Crippen molar-refractivity contribution in [2.45, 2.75) is 13.2 Å². The van der Waals surface area contributed by atoms with Crippen molar-refractivity contribution in [1.29, 1.82) is 0 Å². The monoisotopic (exact) mass is 386 g/mol. The van der Waals surface area contributed by atoms with E-state index in [2.05, 4.69) is 10.3 Å². The number of nitrogens with zero attached hydrogens (tertiary/aromatic N) is 1. The van der Waals surface area contributed by atoms with Crippen molar-refractivity contribution >= 4 is 16.8 Å². The van der Waals surface area contributed by atoms with Crippen LogP contribution >= 0.6 is 0 Å². The van der Waals surface area contributed by atoms with Crippen LogP contribution in [0.1, 0.15) is 21.5 Å². The number of benzene rings is 3. The van der Waals surface area contributed by atoms with E-state index in [1.807, 2.05) is 54.6 Å². The molecule has 0 spiro atoms. The average Bonchev–Trinajstić information content (AvgIpc) is 2.77. The average molecular weight is 386 g/mol. The van der Waals surface area contributed by atoms with Crippen LogP contribution in [0.15, 0.2) is 85.1 Å². The summed E-state index contributed by atoms with van der Waals surface area (Å²) in [5.41, 5.74) is 2.52. The molecule has 0 radical (unpaired) electrons. The highest BCUT2D eigenvalue weighted by Gasteiger charge is 2.13. The lowest BCUT2D eigenvalue weighted by Gasteiger charge is -2.09. The van der Waals surface area contributed by atoms with Crippen molar-refractivity contribution in [2.75, 3.05) is 0 Å². The minimum absolute atomic E-state index is 0.00770. The Labute approximate surface area is 168 Å². The molecule has 1 amide bonds. The van der Waals surface area contributed by atoms with Gasteiger partial charge in [0.15, 0.2) is 0 Å². The second kappa shape index (κ2) is 8.52. The molecule has 0 fully saturated rings. The first-order valence-corrected chi connectivity index (χ1v) is 9.27. The van der Waals surface area contributed by atoms with E-state index in [1.165, 1.54) is 12.1 Å². The molecule has 0 saturated heterocycles. The molecule has 0 unspecified atom stereocenters. The summed E-state index contributed by atoms with van der Waals surface area (Å²) in [6, 6.07) is 23.7. The number of fused-ring (bicyclic) bond motifs is 1. The van der Waals surface area contributed by atoms with Crippen LogP contribution in [0.5, 0.6) is 5.75 Å². The van der Waals surface area contributed by atoms with Crippen LogP contribution in [0, 0.1) is 5.82 Å². The summed E-state index contributed by atoms with van der Waals surface area (Å²) in [4.78, 5) is 16.5. The van der Waals surface area contributed by atoms with E-state index >= 15 is 0 Å². The van der Waals surface area contributed by atoms with Gasteiger partial charge in [-0.25, -0.2) is 4.39 Å². The van der Waals surface area contributed by atoms with Crippen molar-refractivity contribution < 1.29 is 13.9 Å². The summed E-state index contributed by atoms with van der Waals surface area (Å²) in [6.07, 6.45) is 1.59. The first kappa shape index (κ1) is 18.6. The molecule has 3 aromatic carbocycles. The number of nitrogens with one attached hydrogen (secondary N) is 1. The van der Waals surface area contributed by atoms with Crippen molar-refractivity contribution in [1.82, 2.24) is 10.3 Å². The van der Waals surface area contributed by atoms with Crippen LogP contribution in [-0.2, 0) is 13.2 Å². The zero-order valence-electron chi connectivity index (χ0n) is 15.6. The summed E-state index contributed by atoms with van der Waals surface area (Å²) in [5, 5.41) is 3.48. The number of carbonyl (C=O) groups is 1. The van der Waals surface area contributed by atoms with Gasteiger partial charge in [0.1, 0.15) is 18.2 Å². The van der Waals surface area contributed by atoms with Crippen LogP contribution in [-0.4, -0.2) is 10.9 Å². The maximum atomic E-state index is 14.3. The predicted molar refractivity (Wildman–Crippen MR) is 110 cm³/mol. The molecule has 0 aliphatic heterocycles. The van der Waals surface area contributed by atoms with Gasteiger partial charge < -0.3 is 10.1 Å². The molecule has 0 aliphatic carbocycles. The quantitative estimate of drug-likeness (QED) is 0.514. The Hall–Kier alpha value is -3.73. The molecule has 0 bridgehead atoms. The van der Waals surface area contributed by atoms with Gasteiger partial charge in [-0.15, -0.1) is 0 Å². The molecule has 1 N–H and O–H groups in total. The Balaban J connectivity index is 1.36. The maximum absolute atomic E-state index is 14.3. The minimum atomic E-state index is -0.585. The third-order valence-electron chi connectivity index (χ3n) is 4.56. The van der Waals surface area contributed by atoms with Crippen molar-refractivity contribution in [3.05, 3.63) is 108 Å². The largest absolute Gasteiger partial charge is 0.489 e. The summed E-state index contributed by atoms with van der Waals surface area (Å²) < 4.78 is 20.0. The molecule has 0 atom stereocenters. The lowest BCUT2D eigenvalue weighted by atomic mass is 10.1. The van der Waals surface area contributed by atoms with Crippen molar-refractivity contribution in [2.24, 2.45) is 0 Å². The summed E-state index contributed by atoms with van der Waals surface area (Å²) >= 11 is 0. The number of aromatic nitrogens is 1. The topological polar surface area (TPSA) is 51.2 Å². The Kier molecular flexibility index (Phi) is 5.47. The molecule has 0 saturated carbocycles. The second-order valence-corrected chi connectivity index (χ2v) is 6.63. The number of pyridine rings is 1. The number of halogens is 1. The molecule has 0 aliphatic rings. The first-order valence-electron chi connectivity index (χ1n) is 9.27. The van der Waals surface area contributed by atoms with Gasteiger partial charge in [-0.3, -0.25) is 9.78 Å². The summed E-state index contributed by atoms with van der Waals surface area (Å²) in [6.45, 7) is 0.787. The molecular weight excluding hydrogens is 367 g/mol. The zero-order chi connectivity index (χ0) is 20.1. The minimum Gasteiger partial charge on any atom is -0.489 e. The number of hydrogen-bond acceptors (Lipinski definition) is 3. The van der Waals surface area contributed by atoms with Crippen LogP contribution in [0.3, 0.4) is 0 Å². The van der Waals surface area contributed by atoms with Gasteiger partial charge in [-0.05, 0) is 35.4 Å². The van der Waals surface area contributed by atoms with Crippen molar-refractivity contribution in [3.63, 3.8) is 0 Å². The first-order chi connectivity index (χ1) is 14.2. The van der Waals surface area contributed by atoms with Crippen LogP contribution in [0.25, 0.3) is 10.9 Å². The van der Waals surface area contributed by atoms with E-state index in [9.17, 15) is 9.18 Å². The van der Waals surface area contributed by atoms with Gasteiger partial charge in [-0.2, -0.15) is 0 Å². The molecule has 4 rings (SSSR count). The molecule has 4 aromatic rings. The SMILES string of the molecule is O=C(NCc1ccc(OCc2ccccc2)cc1)c1cc2cccnc2cc1F. The zero-order valence-corrected chi connectivity index (χ0v) is 15.6. The number of rotatable bonds is 6. The highest BCUT2D eigenvalue weighted by atomic mass is 19.1. The third-order valence-corrected chi connectivity index (χ3v) is 4.56. The van der Waals surface area contributed by atoms with Crippen LogP contribution < -0.4 is 10.1 Å². The number of ether oxygens (including phenoxy) is 1. The number of hydrogen-bond donors (Lipinski definition) is 1. The molecule has 29 heavy (non-hydrogen) atoms. The van der Waals surface area contributed by atoms with Gasteiger partial charge in [0.2, 0.25) is 0 Å². The fourth-order valence-electron chi connectivity index (χ4n) is 2.99. The Morgan fingerprint density at radius 1 is 0.931 bits per heavy atom. The van der Waals surface area contributed by atoms with Gasteiger partial charge in [0.25, 0.3) is 5.91 Å². The Bertz CT molecular complexity index is 1130. The maximum Gasteiger partial charge on any atom is 0.254 e. The Morgan fingerprint density at radius 2 is 1.72 bits per heavy atom. The highest BCUT2D eigenvalue weighted by Crippen LogP contribution is 2.18. The van der Waals surface area contributed by atoms with E-state index in [0.717, 1.165) is 22.3 Å². The van der Waals surface area contributed by atoms with E-state index in [4.69, 9.17) is 4.74 Å². The lowest BCUT2D eigenvalue weighted by molar-refractivity contribution is 0.0947. The fraction of sp³-hybridized carbons (Fsp3) is 0.0833. The third kappa shape index (κ3) is 4.58. The second-order valence-electron chi connectivity index (χ2n) is 6.63. The van der Waals surface area contributed by atoms with E-state index in [-0.39, 0.29) is 5.56 Å². The van der Waals surface area contributed by atoms with Crippen molar-refractivity contribution in [3.8, 4) is 5.75 Å². The molecule has 144 valence electrons. The molecule has 1 heterocycles. The van der Waals surface area contributed by atoms with Crippen LogP contribution in [0.4, 0.5) is 4.39 Å². The van der Waals surface area contributed by atoms with Gasteiger partial charge >= 0.3 is 0 Å². The summed E-state index contributed by atoms with van der Waals surface area (Å²) in [5.74, 6) is -0.298. The van der Waals surface area contributed by atoms with E-state index < -0.39 is 11.7 Å². The molecule has 5 heteroatoms. The number of carbonyl (C=O) groups excluding carboxylic acids is 1. The lowest BCUT2D eigenvalue weighted by Crippen LogP contribution is -2.23. The standard InChI is InChI=1S/C24H19FN2O2/c25-22-14-23-19(7-4-12-26-23)13-21(22)24(28)27-15-17-8-10-20(11-9-17)29-16-18-5-2-1-3-6-18/h1-14H,15-16H2,(H,27,28). The van der Waals surface area contributed by atoms with E-state index in [1.54, 1.807) is 18.3 Å². The highest BCUT2D eigenvalue weighted by molar-refractivity contribution is 5.98. The number of amides is 1.